The summed E-state index contributed by atoms with van der Waals surface area (Å²) in [7, 11) is 0. The Bertz CT molecular complexity index is 518. The van der Waals surface area contributed by atoms with Crippen LogP contribution in [0.15, 0.2) is 54.6 Å². The van der Waals surface area contributed by atoms with Gasteiger partial charge < -0.3 is 0 Å². The molecule has 0 radical (unpaired) electrons. The molecule has 1 heteroatoms. The maximum Gasteiger partial charge on any atom is 0.0423 e. The van der Waals surface area contributed by atoms with E-state index in [1.807, 2.05) is 0 Å². The van der Waals surface area contributed by atoms with Crippen LogP contribution in [-0.4, -0.2) is 0 Å². The van der Waals surface area contributed by atoms with Gasteiger partial charge in [0.15, 0.2) is 0 Å². The monoisotopic (exact) mass is 240 g/mol. The first-order valence-corrected chi connectivity index (χ1v) is 7.03. The molecule has 0 saturated carbocycles. The molecule has 2 aromatic carbocycles. The minimum Gasteiger partial charge on any atom is -0.145 e. The Morgan fingerprint density at radius 2 is 1.53 bits per heavy atom. The topological polar surface area (TPSA) is 0 Å². The molecule has 0 bridgehead atoms. The van der Waals surface area contributed by atoms with Gasteiger partial charge >= 0.3 is 0 Å². The summed E-state index contributed by atoms with van der Waals surface area (Å²) < 4.78 is 0.232. The molecule has 1 aliphatic rings. The van der Waals surface area contributed by atoms with Crippen LogP contribution >= 0.6 is 11.8 Å². The molecule has 0 fully saturated rings. The minimum absolute atomic E-state index is 0.232. The molecule has 86 valence electrons. The number of thioether (sulfide) groups is 1. The van der Waals surface area contributed by atoms with Crippen LogP contribution in [-0.2, 0) is 16.9 Å². The first kappa shape index (κ1) is 10.9. The van der Waals surface area contributed by atoms with Gasteiger partial charge in [-0.25, -0.2) is 0 Å². The minimum atomic E-state index is 0.232. The zero-order valence-corrected chi connectivity index (χ0v) is 10.8. The Kier molecular flexibility index (Phi) is 2.71. The van der Waals surface area contributed by atoms with Crippen molar-refractivity contribution in [3.63, 3.8) is 0 Å². The highest BCUT2D eigenvalue weighted by molar-refractivity contribution is 7.99. The summed E-state index contributed by atoms with van der Waals surface area (Å²) in [6, 6.07) is 19.7. The van der Waals surface area contributed by atoms with E-state index in [9.17, 15) is 0 Å². The van der Waals surface area contributed by atoms with Crippen LogP contribution in [0.25, 0.3) is 0 Å². The Balaban J connectivity index is 1.98. The molecule has 0 N–H and O–H groups in total. The Morgan fingerprint density at radius 3 is 2.29 bits per heavy atom. The van der Waals surface area contributed by atoms with Crippen molar-refractivity contribution in [1.82, 2.24) is 0 Å². The average Bonchev–Trinajstić information content (AvgIpc) is 2.40. The largest absolute Gasteiger partial charge is 0.145 e. The lowest BCUT2D eigenvalue weighted by Gasteiger charge is -2.35. The highest BCUT2D eigenvalue weighted by Crippen LogP contribution is 2.45. The number of fused-ring (bicyclic) bond motifs is 1. The summed E-state index contributed by atoms with van der Waals surface area (Å²) in [5.74, 6) is 1.13. The van der Waals surface area contributed by atoms with Gasteiger partial charge in [0, 0.05) is 10.5 Å². The summed E-state index contributed by atoms with van der Waals surface area (Å²) in [5, 5.41) is 0. The zero-order valence-electron chi connectivity index (χ0n) is 10.0. The molecule has 0 aromatic heterocycles. The fourth-order valence-corrected chi connectivity index (χ4v) is 3.81. The van der Waals surface area contributed by atoms with E-state index in [0.29, 0.717) is 0 Å². The summed E-state index contributed by atoms with van der Waals surface area (Å²) in [6.07, 6.45) is 1.14. The summed E-state index contributed by atoms with van der Waals surface area (Å²) in [5.41, 5.74) is 4.46. The van der Waals surface area contributed by atoms with E-state index in [1.165, 1.54) is 16.7 Å². The van der Waals surface area contributed by atoms with Crippen molar-refractivity contribution in [2.75, 3.05) is 0 Å². The van der Waals surface area contributed by atoms with Crippen molar-refractivity contribution in [3.05, 3.63) is 71.3 Å². The average molecular weight is 240 g/mol. The molecule has 3 rings (SSSR count). The van der Waals surface area contributed by atoms with Gasteiger partial charge in [-0.05, 0) is 30.0 Å². The zero-order chi connectivity index (χ0) is 11.7. The Morgan fingerprint density at radius 1 is 0.882 bits per heavy atom. The van der Waals surface area contributed by atoms with E-state index >= 15 is 0 Å². The van der Waals surface area contributed by atoms with Crippen molar-refractivity contribution in [2.45, 2.75) is 23.8 Å². The van der Waals surface area contributed by atoms with Crippen molar-refractivity contribution in [2.24, 2.45) is 0 Å². The first-order valence-electron chi connectivity index (χ1n) is 6.04. The fraction of sp³-hybridized carbons (Fsp3) is 0.250. The van der Waals surface area contributed by atoms with Crippen LogP contribution in [0.5, 0.6) is 0 Å². The second-order valence-corrected chi connectivity index (χ2v) is 6.31. The predicted molar refractivity (Wildman–Crippen MR) is 75.2 cm³/mol. The number of rotatable bonds is 1. The van der Waals surface area contributed by atoms with Crippen LogP contribution in [0.1, 0.15) is 23.6 Å². The SMILES string of the molecule is CC1(c2ccccc2)Cc2ccccc2CS1. The Labute approximate surface area is 107 Å². The van der Waals surface area contributed by atoms with Gasteiger partial charge in [-0.1, -0.05) is 54.6 Å². The molecule has 1 heterocycles. The summed E-state index contributed by atoms with van der Waals surface area (Å²) in [4.78, 5) is 0. The van der Waals surface area contributed by atoms with Crippen LogP contribution in [0.4, 0.5) is 0 Å². The molecule has 1 aliphatic heterocycles. The van der Waals surface area contributed by atoms with Gasteiger partial charge in [-0.2, -0.15) is 0 Å². The molecule has 0 aliphatic carbocycles. The molecule has 0 nitrogen and oxygen atoms in total. The van der Waals surface area contributed by atoms with Crippen LogP contribution in [0.3, 0.4) is 0 Å². The molecule has 0 amide bonds. The highest BCUT2D eigenvalue weighted by atomic mass is 32.2. The quantitative estimate of drug-likeness (QED) is 0.712. The number of hydrogen-bond acceptors (Lipinski definition) is 1. The standard InChI is InChI=1S/C16H16S/c1-16(15-9-3-2-4-10-15)11-13-7-5-6-8-14(13)12-17-16/h2-10H,11-12H2,1H3. The van der Waals surface area contributed by atoms with Gasteiger partial charge in [-0.3, -0.25) is 0 Å². The summed E-state index contributed by atoms with van der Waals surface area (Å²) in [6.45, 7) is 2.36. The van der Waals surface area contributed by atoms with E-state index in [0.717, 1.165) is 12.2 Å². The van der Waals surface area contributed by atoms with Crippen LogP contribution in [0, 0.1) is 0 Å². The lowest BCUT2D eigenvalue weighted by molar-refractivity contribution is 0.673. The van der Waals surface area contributed by atoms with E-state index in [1.54, 1.807) is 0 Å². The second-order valence-electron chi connectivity index (χ2n) is 4.83. The smallest absolute Gasteiger partial charge is 0.0423 e. The highest BCUT2D eigenvalue weighted by Gasteiger charge is 2.31. The maximum absolute atomic E-state index is 2.36. The lowest BCUT2D eigenvalue weighted by Crippen LogP contribution is -2.25. The first-order chi connectivity index (χ1) is 8.28. The van der Waals surface area contributed by atoms with E-state index in [-0.39, 0.29) is 4.75 Å². The van der Waals surface area contributed by atoms with Gasteiger partial charge in [0.25, 0.3) is 0 Å². The third-order valence-corrected chi connectivity index (χ3v) is 5.05. The van der Waals surface area contributed by atoms with E-state index in [4.69, 9.17) is 0 Å². The van der Waals surface area contributed by atoms with Gasteiger partial charge in [0.1, 0.15) is 0 Å². The summed E-state index contributed by atoms with van der Waals surface area (Å²) >= 11 is 2.06. The normalized spacial score (nSPS) is 23.1. The molecular weight excluding hydrogens is 224 g/mol. The molecule has 1 unspecified atom stereocenters. The van der Waals surface area contributed by atoms with Crippen molar-refractivity contribution < 1.29 is 0 Å². The third kappa shape index (κ3) is 2.00. The molecule has 1 atom stereocenters. The molecule has 17 heavy (non-hydrogen) atoms. The number of hydrogen-bond donors (Lipinski definition) is 0. The molecule has 0 spiro atoms. The fourth-order valence-electron chi connectivity index (χ4n) is 2.50. The second kappa shape index (κ2) is 4.23. The van der Waals surface area contributed by atoms with E-state index < -0.39 is 0 Å². The van der Waals surface area contributed by atoms with Gasteiger partial charge in [0.05, 0.1) is 0 Å². The Hall–Kier alpha value is -1.21. The molecular formula is C16H16S. The van der Waals surface area contributed by atoms with Crippen molar-refractivity contribution in [1.29, 1.82) is 0 Å². The predicted octanol–water partition coefficient (Wildman–Crippen LogP) is 4.39. The molecule has 0 saturated heterocycles. The van der Waals surface area contributed by atoms with Gasteiger partial charge in [0.2, 0.25) is 0 Å². The van der Waals surface area contributed by atoms with Crippen LogP contribution in [0.2, 0.25) is 0 Å². The van der Waals surface area contributed by atoms with E-state index in [2.05, 4.69) is 73.3 Å². The van der Waals surface area contributed by atoms with Crippen LogP contribution < -0.4 is 0 Å². The molecule has 2 aromatic rings. The maximum atomic E-state index is 2.36. The van der Waals surface area contributed by atoms with Crippen molar-refractivity contribution >= 4 is 11.8 Å². The number of benzene rings is 2. The third-order valence-electron chi connectivity index (χ3n) is 3.58. The van der Waals surface area contributed by atoms with Crippen molar-refractivity contribution in [3.8, 4) is 0 Å². The van der Waals surface area contributed by atoms with Gasteiger partial charge in [-0.15, -0.1) is 11.8 Å². The lowest BCUT2D eigenvalue weighted by atomic mass is 9.90.